The molecule has 0 unspecified atom stereocenters. The standard InChI is InChI=1S/C7H13N3/c1-5(8)4-6(2)10-7(3)9/h4H,3,8-9H2,1-2H3/b5-4-,10-6-. The van der Waals surface area contributed by atoms with Gasteiger partial charge in [0.2, 0.25) is 0 Å². The summed E-state index contributed by atoms with van der Waals surface area (Å²) in [6, 6.07) is 0. The van der Waals surface area contributed by atoms with Crippen molar-refractivity contribution in [2.24, 2.45) is 16.5 Å². The summed E-state index contributed by atoms with van der Waals surface area (Å²) in [5.41, 5.74) is 12.1. The highest BCUT2D eigenvalue weighted by Gasteiger charge is 1.84. The van der Waals surface area contributed by atoms with Crippen LogP contribution in [0.15, 0.2) is 29.2 Å². The van der Waals surface area contributed by atoms with E-state index in [4.69, 9.17) is 11.5 Å². The normalized spacial score (nSPS) is 13.4. The Morgan fingerprint density at radius 1 is 1.40 bits per heavy atom. The van der Waals surface area contributed by atoms with Crippen LogP contribution in [-0.4, -0.2) is 5.71 Å². The minimum atomic E-state index is 0.301. The molecule has 56 valence electrons. The Bertz CT molecular complexity index is 185. The quantitative estimate of drug-likeness (QED) is 0.554. The molecule has 10 heavy (non-hydrogen) atoms. The second-order valence-corrected chi connectivity index (χ2v) is 2.13. The monoisotopic (exact) mass is 139 g/mol. The molecule has 0 aliphatic rings. The third-order valence-electron chi connectivity index (χ3n) is 0.757. The van der Waals surface area contributed by atoms with Gasteiger partial charge < -0.3 is 11.5 Å². The summed E-state index contributed by atoms with van der Waals surface area (Å²) in [4.78, 5) is 3.86. The molecule has 0 bridgehead atoms. The number of nitrogens with two attached hydrogens (primary N) is 2. The maximum atomic E-state index is 5.38. The summed E-state index contributed by atoms with van der Waals surface area (Å²) in [6.07, 6.45) is 1.73. The van der Waals surface area contributed by atoms with Crippen LogP contribution in [0.5, 0.6) is 0 Å². The van der Waals surface area contributed by atoms with Crippen LogP contribution in [0.3, 0.4) is 0 Å². The lowest BCUT2D eigenvalue weighted by molar-refractivity contribution is 1.25. The third kappa shape index (κ3) is 4.90. The molecule has 0 aromatic heterocycles. The molecule has 4 N–H and O–H groups in total. The van der Waals surface area contributed by atoms with Gasteiger partial charge in [0.1, 0.15) is 5.82 Å². The van der Waals surface area contributed by atoms with Gasteiger partial charge in [0, 0.05) is 11.4 Å². The SMILES string of the molecule is C=C(N)/N=C(C)\C=C(\C)N. The van der Waals surface area contributed by atoms with Crippen LogP contribution in [0.4, 0.5) is 0 Å². The van der Waals surface area contributed by atoms with E-state index in [2.05, 4.69) is 11.6 Å². The molecule has 0 spiro atoms. The zero-order valence-electron chi connectivity index (χ0n) is 6.39. The van der Waals surface area contributed by atoms with Crippen LogP contribution < -0.4 is 11.5 Å². The van der Waals surface area contributed by atoms with Gasteiger partial charge in [-0.25, -0.2) is 4.99 Å². The lowest BCUT2D eigenvalue weighted by Crippen LogP contribution is -1.98. The van der Waals surface area contributed by atoms with Gasteiger partial charge in [-0.05, 0) is 19.9 Å². The van der Waals surface area contributed by atoms with E-state index >= 15 is 0 Å². The van der Waals surface area contributed by atoms with Crippen LogP contribution in [0.25, 0.3) is 0 Å². The predicted molar refractivity (Wildman–Crippen MR) is 44.4 cm³/mol. The summed E-state index contributed by atoms with van der Waals surface area (Å²) < 4.78 is 0. The van der Waals surface area contributed by atoms with Gasteiger partial charge in [-0.1, -0.05) is 6.58 Å². The summed E-state index contributed by atoms with van der Waals surface area (Å²) in [5, 5.41) is 0. The number of hydrogen-bond acceptors (Lipinski definition) is 3. The molecule has 0 aliphatic carbocycles. The van der Waals surface area contributed by atoms with Crippen molar-refractivity contribution in [2.75, 3.05) is 0 Å². The largest absolute Gasteiger partial charge is 0.402 e. The Morgan fingerprint density at radius 3 is 2.20 bits per heavy atom. The van der Waals surface area contributed by atoms with Crippen molar-refractivity contribution in [2.45, 2.75) is 13.8 Å². The summed E-state index contributed by atoms with van der Waals surface area (Å²) >= 11 is 0. The highest BCUT2D eigenvalue weighted by molar-refractivity contribution is 5.93. The van der Waals surface area contributed by atoms with Crippen molar-refractivity contribution in [3.8, 4) is 0 Å². The smallest absolute Gasteiger partial charge is 0.116 e. The molecule has 0 rings (SSSR count). The van der Waals surface area contributed by atoms with Gasteiger partial charge in [-0.3, -0.25) is 0 Å². The van der Waals surface area contributed by atoms with Crippen LogP contribution >= 0.6 is 0 Å². The number of hydrogen-bond donors (Lipinski definition) is 2. The molecule has 0 fully saturated rings. The Balaban J connectivity index is 4.22. The third-order valence-corrected chi connectivity index (χ3v) is 0.757. The fourth-order valence-electron chi connectivity index (χ4n) is 0.588. The lowest BCUT2D eigenvalue weighted by Gasteiger charge is -1.92. The molecule has 3 heteroatoms. The molecule has 3 nitrogen and oxygen atoms in total. The Kier molecular flexibility index (Phi) is 3.25. The molecule has 0 amide bonds. The molecule has 0 aromatic carbocycles. The van der Waals surface area contributed by atoms with Crippen molar-refractivity contribution in [1.29, 1.82) is 0 Å². The topological polar surface area (TPSA) is 64.4 Å². The van der Waals surface area contributed by atoms with Gasteiger partial charge >= 0.3 is 0 Å². The highest BCUT2D eigenvalue weighted by atomic mass is 14.9. The van der Waals surface area contributed by atoms with Crippen LogP contribution in [0.1, 0.15) is 13.8 Å². The number of aliphatic imine (C=N–C) groups is 1. The summed E-state index contributed by atoms with van der Waals surface area (Å²) in [5.74, 6) is 0.301. The molecule has 0 atom stereocenters. The maximum Gasteiger partial charge on any atom is 0.116 e. The van der Waals surface area contributed by atoms with E-state index < -0.39 is 0 Å². The van der Waals surface area contributed by atoms with Gasteiger partial charge in [0.15, 0.2) is 0 Å². The Hall–Kier alpha value is -1.25. The van der Waals surface area contributed by atoms with E-state index in [1.807, 2.05) is 6.92 Å². The van der Waals surface area contributed by atoms with E-state index in [1.165, 1.54) is 0 Å². The second kappa shape index (κ2) is 3.71. The van der Waals surface area contributed by atoms with E-state index in [0.717, 1.165) is 5.71 Å². The van der Waals surface area contributed by atoms with Crippen molar-refractivity contribution in [1.82, 2.24) is 0 Å². The number of nitrogens with zero attached hydrogens (tertiary/aromatic N) is 1. The summed E-state index contributed by atoms with van der Waals surface area (Å²) in [6.45, 7) is 7.03. The molecule has 0 radical (unpaired) electrons. The lowest BCUT2D eigenvalue weighted by atomic mass is 10.3. The number of allylic oxidation sites excluding steroid dienone is 2. The Labute approximate surface area is 61.1 Å². The summed E-state index contributed by atoms with van der Waals surface area (Å²) in [7, 11) is 0. The van der Waals surface area contributed by atoms with Crippen molar-refractivity contribution >= 4 is 5.71 Å². The molecule has 0 aliphatic heterocycles. The zero-order valence-corrected chi connectivity index (χ0v) is 6.39. The van der Waals surface area contributed by atoms with Gasteiger partial charge in [-0.2, -0.15) is 0 Å². The first-order chi connectivity index (χ1) is 4.52. The van der Waals surface area contributed by atoms with Crippen molar-refractivity contribution in [3.05, 3.63) is 24.2 Å². The molecule has 0 saturated carbocycles. The van der Waals surface area contributed by atoms with E-state index in [1.54, 1.807) is 13.0 Å². The predicted octanol–water partition coefficient (Wildman–Crippen LogP) is 0.740. The highest BCUT2D eigenvalue weighted by Crippen LogP contribution is 1.88. The molecule has 0 heterocycles. The molecule has 0 saturated heterocycles. The average Bonchev–Trinajstić information content (AvgIpc) is 1.58. The zero-order chi connectivity index (χ0) is 8.15. The van der Waals surface area contributed by atoms with Crippen LogP contribution in [-0.2, 0) is 0 Å². The fourth-order valence-corrected chi connectivity index (χ4v) is 0.588. The first-order valence-electron chi connectivity index (χ1n) is 2.96. The second-order valence-electron chi connectivity index (χ2n) is 2.13. The van der Waals surface area contributed by atoms with Gasteiger partial charge in [0.25, 0.3) is 0 Å². The average molecular weight is 139 g/mol. The molecule has 0 aromatic rings. The van der Waals surface area contributed by atoms with E-state index in [0.29, 0.717) is 11.5 Å². The Morgan fingerprint density at radius 2 is 1.90 bits per heavy atom. The van der Waals surface area contributed by atoms with Crippen LogP contribution in [0.2, 0.25) is 0 Å². The van der Waals surface area contributed by atoms with E-state index in [-0.39, 0.29) is 0 Å². The van der Waals surface area contributed by atoms with Crippen LogP contribution in [0, 0.1) is 0 Å². The first-order valence-corrected chi connectivity index (χ1v) is 2.96. The molecular weight excluding hydrogens is 126 g/mol. The van der Waals surface area contributed by atoms with Crippen molar-refractivity contribution < 1.29 is 0 Å². The first kappa shape index (κ1) is 8.75. The van der Waals surface area contributed by atoms with E-state index in [9.17, 15) is 0 Å². The van der Waals surface area contributed by atoms with Crippen molar-refractivity contribution in [3.63, 3.8) is 0 Å². The maximum absolute atomic E-state index is 5.38. The van der Waals surface area contributed by atoms with Gasteiger partial charge in [0.05, 0.1) is 0 Å². The number of rotatable bonds is 2. The minimum Gasteiger partial charge on any atom is -0.402 e. The fraction of sp³-hybridized carbons (Fsp3) is 0.286. The minimum absolute atomic E-state index is 0.301. The van der Waals surface area contributed by atoms with Gasteiger partial charge in [-0.15, -0.1) is 0 Å². The molecular formula is C7H13N3.